The van der Waals surface area contributed by atoms with Gasteiger partial charge < -0.3 is 10.2 Å². The van der Waals surface area contributed by atoms with Gasteiger partial charge in [0.15, 0.2) is 0 Å². The first-order chi connectivity index (χ1) is 13.8. The Hall–Kier alpha value is -0.120. The molecule has 0 aliphatic rings. The molecule has 3 heteroatoms. The van der Waals surface area contributed by atoms with Gasteiger partial charge in [-0.2, -0.15) is 0 Å². The summed E-state index contributed by atoms with van der Waals surface area (Å²) in [6, 6.07) is 0. The Labute approximate surface area is 177 Å². The molecule has 0 aliphatic heterocycles. The number of aliphatic hydroxyl groups excluding tert-OH is 2. The Morgan fingerprint density at radius 3 is 1.36 bits per heavy atom. The Balaban J connectivity index is 3.08. The molecule has 0 radical (unpaired) electrons. The van der Waals surface area contributed by atoms with Crippen molar-refractivity contribution in [3.05, 3.63) is 0 Å². The zero-order valence-electron chi connectivity index (χ0n) is 19.2. The predicted octanol–water partition coefficient (Wildman–Crippen LogP) is 7.10. The van der Waals surface area contributed by atoms with E-state index in [1.54, 1.807) is 0 Å². The number of rotatable bonds is 24. The third kappa shape index (κ3) is 23.9. The molecule has 0 fully saturated rings. The number of unbranched alkanes of at least 4 members (excludes halogenated alkanes) is 18. The van der Waals surface area contributed by atoms with Crippen LogP contribution in [0.1, 0.15) is 142 Å². The van der Waals surface area contributed by atoms with Gasteiger partial charge >= 0.3 is 0 Å². The lowest BCUT2D eigenvalue weighted by molar-refractivity contribution is 0.124. The summed E-state index contributed by atoms with van der Waals surface area (Å²) < 4.78 is 0. The summed E-state index contributed by atoms with van der Waals surface area (Å²) in [6.45, 7) is 3.43. The van der Waals surface area contributed by atoms with Gasteiger partial charge in [0.05, 0.1) is 0 Å². The Morgan fingerprint density at radius 2 is 0.929 bits per heavy atom. The predicted molar refractivity (Wildman–Crippen MR) is 124 cm³/mol. The maximum Gasteiger partial charge on any atom is 0.104 e. The lowest BCUT2D eigenvalue weighted by Crippen LogP contribution is -2.29. The summed E-state index contributed by atoms with van der Waals surface area (Å²) in [5.74, 6) is 0. The van der Waals surface area contributed by atoms with Crippen LogP contribution in [0.4, 0.5) is 0 Å². The van der Waals surface area contributed by atoms with Crippen molar-refractivity contribution in [2.75, 3.05) is 13.2 Å². The molecular formula is C25H53NO2. The summed E-state index contributed by atoms with van der Waals surface area (Å²) >= 11 is 0. The van der Waals surface area contributed by atoms with E-state index in [1.807, 2.05) is 0 Å². The van der Waals surface area contributed by atoms with Crippen LogP contribution in [0.2, 0.25) is 0 Å². The Morgan fingerprint density at radius 1 is 0.536 bits per heavy atom. The molecule has 0 aromatic heterocycles. The molecule has 0 heterocycles. The maximum absolute atomic E-state index is 9.87. The molecule has 0 spiro atoms. The highest BCUT2D eigenvalue weighted by atomic mass is 16.3. The number of aliphatic hydroxyl groups is 2. The van der Waals surface area contributed by atoms with E-state index in [4.69, 9.17) is 5.11 Å². The molecule has 0 aromatic carbocycles. The standard InChI is InChI=1S/C25H53NO2/c1-2-3-4-5-6-7-8-9-10-11-12-13-14-15-16-17-19-22-25(28)26-23-20-18-21-24-27/h25-28H,2-24H2,1H3. The van der Waals surface area contributed by atoms with Gasteiger partial charge in [-0.25, -0.2) is 0 Å². The summed E-state index contributed by atoms with van der Waals surface area (Å²) in [7, 11) is 0. The van der Waals surface area contributed by atoms with Crippen LogP contribution < -0.4 is 5.32 Å². The summed E-state index contributed by atoms with van der Waals surface area (Å²) in [5.41, 5.74) is 0. The number of hydrogen-bond donors (Lipinski definition) is 3. The highest BCUT2D eigenvalue weighted by Gasteiger charge is 2.02. The van der Waals surface area contributed by atoms with Crippen molar-refractivity contribution >= 4 is 0 Å². The first kappa shape index (κ1) is 27.9. The lowest BCUT2D eigenvalue weighted by atomic mass is 10.0. The van der Waals surface area contributed by atoms with E-state index >= 15 is 0 Å². The number of nitrogens with one attached hydrogen (secondary N) is 1. The molecule has 0 bridgehead atoms. The lowest BCUT2D eigenvalue weighted by Gasteiger charge is -2.12. The second-order valence-electron chi connectivity index (χ2n) is 8.70. The van der Waals surface area contributed by atoms with Crippen LogP contribution in [-0.2, 0) is 0 Å². The first-order valence-electron chi connectivity index (χ1n) is 12.8. The molecule has 1 atom stereocenters. The van der Waals surface area contributed by atoms with E-state index in [0.717, 1.165) is 38.6 Å². The topological polar surface area (TPSA) is 52.5 Å². The second kappa shape index (κ2) is 24.9. The van der Waals surface area contributed by atoms with Gasteiger partial charge in [0.2, 0.25) is 0 Å². The molecule has 0 saturated heterocycles. The third-order valence-electron chi connectivity index (χ3n) is 5.80. The molecule has 0 saturated carbocycles. The fourth-order valence-corrected chi connectivity index (χ4v) is 3.85. The van der Waals surface area contributed by atoms with Gasteiger partial charge in [-0.15, -0.1) is 0 Å². The largest absolute Gasteiger partial charge is 0.396 e. The van der Waals surface area contributed by atoms with Gasteiger partial charge in [-0.3, -0.25) is 5.32 Å². The van der Waals surface area contributed by atoms with Gasteiger partial charge in [0.25, 0.3) is 0 Å². The molecule has 28 heavy (non-hydrogen) atoms. The van der Waals surface area contributed by atoms with Gasteiger partial charge in [-0.1, -0.05) is 110 Å². The Bertz CT molecular complexity index is 273. The molecule has 170 valence electrons. The molecule has 1 unspecified atom stereocenters. The van der Waals surface area contributed by atoms with E-state index in [-0.39, 0.29) is 12.8 Å². The van der Waals surface area contributed by atoms with Crippen LogP contribution in [0, 0.1) is 0 Å². The van der Waals surface area contributed by atoms with E-state index < -0.39 is 0 Å². The molecule has 0 aromatic rings. The minimum Gasteiger partial charge on any atom is -0.396 e. The normalized spacial score (nSPS) is 12.5. The fourth-order valence-electron chi connectivity index (χ4n) is 3.85. The quantitative estimate of drug-likeness (QED) is 0.120. The average Bonchev–Trinajstić information content (AvgIpc) is 2.70. The zero-order valence-corrected chi connectivity index (χ0v) is 19.2. The fraction of sp³-hybridized carbons (Fsp3) is 1.00. The molecule has 0 rings (SSSR count). The van der Waals surface area contributed by atoms with Crippen LogP contribution in [-0.4, -0.2) is 29.6 Å². The minimum atomic E-state index is -0.342. The van der Waals surface area contributed by atoms with Crippen LogP contribution in [0.5, 0.6) is 0 Å². The summed E-state index contributed by atoms with van der Waals surface area (Å²) in [4.78, 5) is 0. The van der Waals surface area contributed by atoms with E-state index in [9.17, 15) is 5.11 Å². The monoisotopic (exact) mass is 399 g/mol. The summed E-state index contributed by atoms with van der Waals surface area (Å²) in [6.07, 6.45) is 27.1. The van der Waals surface area contributed by atoms with Crippen LogP contribution in [0.15, 0.2) is 0 Å². The van der Waals surface area contributed by atoms with Crippen molar-refractivity contribution in [1.82, 2.24) is 5.32 Å². The SMILES string of the molecule is CCCCCCCCCCCCCCCCCCCC(O)NCCCCCO. The van der Waals surface area contributed by atoms with Crippen molar-refractivity contribution in [3.63, 3.8) is 0 Å². The molecule has 3 N–H and O–H groups in total. The average molecular weight is 400 g/mol. The molecule has 3 nitrogen and oxygen atoms in total. The number of hydrogen-bond acceptors (Lipinski definition) is 3. The van der Waals surface area contributed by atoms with Gasteiger partial charge in [0, 0.05) is 6.61 Å². The van der Waals surface area contributed by atoms with E-state index in [1.165, 1.54) is 103 Å². The summed E-state index contributed by atoms with van der Waals surface area (Å²) in [5, 5.41) is 21.8. The zero-order chi connectivity index (χ0) is 20.5. The molecule has 0 aliphatic carbocycles. The minimum absolute atomic E-state index is 0.280. The van der Waals surface area contributed by atoms with E-state index in [2.05, 4.69) is 12.2 Å². The van der Waals surface area contributed by atoms with E-state index in [0.29, 0.717) is 0 Å². The van der Waals surface area contributed by atoms with Crippen molar-refractivity contribution < 1.29 is 10.2 Å². The maximum atomic E-state index is 9.87. The third-order valence-corrected chi connectivity index (χ3v) is 5.80. The van der Waals surface area contributed by atoms with Crippen LogP contribution in [0.3, 0.4) is 0 Å². The van der Waals surface area contributed by atoms with Gasteiger partial charge in [-0.05, 0) is 38.6 Å². The van der Waals surface area contributed by atoms with Crippen molar-refractivity contribution in [2.24, 2.45) is 0 Å². The van der Waals surface area contributed by atoms with Crippen LogP contribution >= 0.6 is 0 Å². The Kier molecular flexibility index (Phi) is 24.8. The second-order valence-corrected chi connectivity index (χ2v) is 8.70. The smallest absolute Gasteiger partial charge is 0.104 e. The first-order valence-corrected chi connectivity index (χ1v) is 12.8. The highest BCUT2D eigenvalue weighted by molar-refractivity contribution is 4.56. The van der Waals surface area contributed by atoms with Crippen LogP contribution in [0.25, 0.3) is 0 Å². The van der Waals surface area contributed by atoms with Crippen molar-refractivity contribution in [2.45, 2.75) is 148 Å². The van der Waals surface area contributed by atoms with Crippen molar-refractivity contribution in [1.29, 1.82) is 0 Å². The van der Waals surface area contributed by atoms with Crippen molar-refractivity contribution in [3.8, 4) is 0 Å². The highest BCUT2D eigenvalue weighted by Crippen LogP contribution is 2.14. The van der Waals surface area contributed by atoms with Gasteiger partial charge in [0.1, 0.15) is 6.23 Å². The molecule has 0 amide bonds. The molecular weight excluding hydrogens is 346 g/mol.